The second kappa shape index (κ2) is 4.90. The molecular weight excluding hydrogens is 200 g/mol. The van der Waals surface area contributed by atoms with Gasteiger partial charge in [-0.15, -0.1) is 0 Å². The van der Waals surface area contributed by atoms with Crippen molar-refractivity contribution in [3.05, 3.63) is 42.5 Å². The van der Waals surface area contributed by atoms with E-state index in [-0.39, 0.29) is 0 Å². The standard InChI is InChI=1S/C12H16N4/c1-3-12(13-2)10-4-6-11(7-5-10)16-9-14-8-15-16/h4-9,12-13H,3H2,1-2H3. The largest absolute Gasteiger partial charge is 0.313 e. The Morgan fingerprint density at radius 1 is 1.31 bits per heavy atom. The van der Waals surface area contributed by atoms with Gasteiger partial charge in [0, 0.05) is 6.04 Å². The molecule has 0 aliphatic heterocycles. The quantitative estimate of drug-likeness (QED) is 0.849. The maximum Gasteiger partial charge on any atom is 0.138 e. The van der Waals surface area contributed by atoms with Crippen LogP contribution in [0, 0.1) is 0 Å². The first kappa shape index (κ1) is 10.8. The normalized spacial score (nSPS) is 12.6. The zero-order valence-corrected chi connectivity index (χ0v) is 9.59. The molecule has 0 spiro atoms. The molecule has 0 amide bonds. The smallest absolute Gasteiger partial charge is 0.138 e. The molecule has 1 N–H and O–H groups in total. The van der Waals surface area contributed by atoms with Crippen LogP contribution in [-0.2, 0) is 0 Å². The number of aromatic nitrogens is 3. The molecule has 1 aromatic heterocycles. The fourth-order valence-corrected chi connectivity index (χ4v) is 1.81. The summed E-state index contributed by atoms with van der Waals surface area (Å²) in [5, 5.41) is 7.38. The van der Waals surface area contributed by atoms with Crippen molar-refractivity contribution in [1.29, 1.82) is 0 Å². The van der Waals surface area contributed by atoms with Gasteiger partial charge in [0.15, 0.2) is 0 Å². The SMILES string of the molecule is CCC(NC)c1ccc(-n2cncn2)cc1. The van der Waals surface area contributed by atoms with E-state index in [1.165, 1.54) is 11.9 Å². The Bertz CT molecular complexity index is 415. The van der Waals surface area contributed by atoms with Crippen molar-refractivity contribution in [1.82, 2.24) is 20.1 Å². The highest BCUT2D eigenvalue weighted by Crippen LogP contribution is 2.17. The van der Waals surface area contributed by atoms with Crippen LogP contribution in [0.4, 0.5) is 0 Å². The first-order chi connectivity index (χ1) is 7.85. The van der Waals surface area contributed by atoms with Crippen LogP contribution >= 0.6 is 0 Å². The van der Waals surface area contributed by atoms with Crippen LogP contribution in [0.1, 0.15) is 24.9 Å². The van der Waals surface area contributed by atoms with Crippen molar-refractivity contribution in [2.45, 2.75) is 19.4 Å². The summed E-state index contributed by atoms with van der Waals surface area (Å²) >= 11 is 0. The molecule has 0 bridgehead atoms. The molecule has 1 unspecified atom stereocenters. The Morgan fingerprint density at radius 2 is 2.06 bits per heavy atom. The summed E-state index contributed by atoms with van der Waals surface area (Å²) < 4.78 is 1.75. The zero-order chi connectivity index (χ0) is 11.4. The molecule has 0 aliphatic carbocycles. The Hall–Kier alpha value is -1.68. The van der Waals surface area contributed by atoms with Crippen LogP contribution in [0.3, 0.4) is 0 Å². The lowest BCUT2D eigenvalue weighted by molar-refractivity contribution is 0.577. The number of nitrogens with zero attached hydrogens (tertiary/aromatic N) is 3. The predicted octanol–water partition coefficient (Wildman–Crippen LogP) is 1.94. The summed E-state index contributed by atoms with van der Waals surface area (Å²) in [5.74, 6) is 0. The van der Waals surface area contributed by atoms with Gasteiger partial charge >= 0.3 is 0 Å². The molecule has 2 aromatic rings. The molecule has 1 atom stereocenters. The van der Waals surface area contributed by atoms with E-state index in [0.717, 1.165) is 12.1 Å². The number of hydrogen-bond donors (Lipinski definition) is 1. The molecular formula is C12H16N4. The van der Waals surface area contributed by atoms with Gasteiger partial charge in [0.25, 0.3) is 0 Å². The fourth-order valence-electron chi connectivity index (χ4n) is 1.81. The third-order valence-electron chi connectivity index (χ3n) is 2.74. The third kappa shape index (κ3) is 2.12. The molecule has 4 nitrogen and oxygen atoms in total. The van der Waals surface area contributed by atoms with Gasteiger partial charge in [-0.25, -0.2) is 9.67 Å². The molecule has 0 radical (unpaired) electrons. The van der Waals surface area contributed by atoms with Gasteiger partial charge in [-0.2, -0.15) is 5.10 Å². The van der Waals surface area contributed by atoms with Crippen LogP contribution in [0.5, 0.6) is 0 Å². The average molecular weight is 216 g/mol. The molecule has 4 heteroatoms. The Labute approximate surface area is 95.3 Å². The summed E-state index contributed by atoms with van der Waals surface area (Å²) in [6, 6.07) is 8.79. The monoisotopic (exact) mass is 216 g/mol. The molecule has 16 heavy (non-hydrogen) atoms. The van der Waals surface area contributed by atoms with E-state index in [1.54, 1.807) is 11.0 Å². The maximum atomic E-state index is 4.09. The lowest BCUT2D eigenvalue weighted by atomic mass is 10.0. The van der Waals surface area contributed by atoms with Gasteiger partial charge in [0.2, 0.25) is 0 Å². The van der Waals surface area contributed by atoms with Crippen molar-refractivity contribution in [3.63, 3.8) is 0 Å². The van der Waals surface area contributed by atoms with Crippen LogP contribution in [0.2, 0.25) is 0 Å². The summed E-state index contributed by atoms with van der Waals surface area (Å²) in [4.78, 5) is 3.93. The molecule has 0 fully saturated rings. The number of hydrogen-bond acceptors (Lipinski definition) is 3. The van der Waals surface area contributed by atoms with Crippen molar-refractivity contribution in [3.8, 4) is 5.69 Å². The molecule has 0 aliphatic rings. The molecule has 1 aromatic carbocycles. The van der Waals surface area contributed by atoms with Gasteiger partial charge in [-0.3, -0.25) is 0 Å². The van der Waals surface area contributed by atoms with Crippen LogP contribution in [-0.4, -0.2) is 21.8 Å². The van der Waals surface area contributed by atoms with Gasteiger partial charge in [-0.1, -0.05) is 19.1 Å². The number of rotatable bonds is 4. The Balaban J connectivity index is 2.22. The first-order valence-corrected chi connectivity index (χ1v) is 5.47. The lowest BCUT2D eigenvalue weighted by Crippen LogP contribution is -2.15. The summed E-state index contributed by atoms with van der Waals surface area (Å²) in [6.45, 7) is 2.17. The van der Waals surface area contributed by atoms with E-state index < -0.39 is 0 Å². The zero-order valence-electron chi connectivity index (χ0n) is 9.59. The Kier molecular flexibility index (Phi) is 3.31. The van der Waals surface area contributed by atoms with E-state index in [0.29, 0.717) is 6.04 Å². The van der Waals surface area contributed by atoms with Crippen molar-refractivity contribution in [2.24, 2.45) is 0 Å². The van der Waals surface area contributed by atoms with Crippen molar-refractivity contribution < 1.29 is 0 Å². The molecule has 2 rings (SSSR count). The molecule has 84 valence electrons. The molecule has 1 heterocycles. The third-order valence-corrected chi connectivity index (χ3v) is 2.74. The van der Waals surface area contributed by atoms with Gasteiger partial charge in [0.1, 0.15) is 12.7 Å². The van der Waals surface area contributed by atoms with Crippen molar-refractivity contribution in [2.75, 3.05) is 7.05 Å². The van der Waals surface area contributed by atoms with Crippen LogP contribution in [0.15, 0.2) is 36.9 Å². The van der Waals surface area contributed by atoms with Gasteiger partial charge < -0.3 is 5.32 Å². The topological polar surface area (TPSA) is 42.7 Å². The summed E-state index contributed by atoms with van der Waals surface area (Å²) in [6.07, 6.45) is 4.32. The highest BCUT2D eigenvalue weighted by Gasteiger charge is 2.06. The van der Waals surface area contributed by atoms with E-state index in [2.05, 4.69) is 46.6 Å². The van der Waals surface area contributed by atoms with Crippen LogP contribution in [0.25, 0.3) is 5.69 Å². The second-order valence-corrected chi connectivity index (χ2v) is 3.68. The van der Waals surface area contributed by atoms with E-state index in [9.17, 15) is 0 Å². The first-order valence-electron chi connectivity index (χ1n) is 5.47. The molecule has 0 saturated heterocycles. The van der Waals surface area contributed by atoms with Gasteiger partial charge in [-0.05, 0) is 31.2 Å². The van der Waals surface area contributed by atoms with Gasteiger partial charge in [0.05, 0.1) is 5.69 Å². The van der Waals surface area contributed by atoms with E-state index in [1.807, 2.05) is 7.05 Å². The second-order valence-electron chi connectivity index (χ2n) is 3.68. The Morgan fingerprint density at radius 3 is 2.56 bits per heavy atom. The minimum Gasteiger partial charge on any atom is -0.313 e. The lowest BCUT2D eigenvalue weighted by Gasteiger charge is -2.14. The highest BCUT2D eigenvalue weighted by molar-refractivity contribution is 5.34. The molecule has 0 saturated carbocycles. The number of nitrogens with one attached hydrogen (secondary N) is 1. The van der Waals surface area contributed by atoms with Crippen LogP contribution < -0.4 is 5.32 Å². The minimum absolute atomic E-state index is 0.421. The summed E-state index contributed by atoms with van der Waals surface area (Å²) in [5.41, 5.74) is 2.33. The maximum absolute atomic E-state index is 4.09. The predicted molar refractivity (Wildman–Crippen MR) is 63.5 cm³/mol. The van der Waals surface area contributed by atoms with E-state index >= 15 is 0 Å². The van der Waals surface area contributed by atoms with E-state index in [4.69, 9.17) is 0 Å². The minimum atomic E-state index is 0.421. The summed E-state index contributed by atoms with van der Waals surface area (Å²) in [7, 11) is 1.99. The highest BCUT2D eigenvalue weighted by atomic mass is 15.3. The number of benzene rings is 1. The van der Waals surface area contributed by atoms with Crippen molar-refractivity contribution >= 4 is 0 Å². The average Bonchev–Trinajstić information content (AvgIpc) is 2.85. The fraction of sp³-hybridized carbons (Fsp3) is 0.333.